The van der Waals surface area contributed by atoms with Gasteiger partial charge in [-0.25, -0.2) is 4.98 Å². The number of benzene rings is 9. The van der Waals surface area contributed by atoms with Crippen molar-refractivity contribution in [1.82, 2.24) is 4.98 Å². The average molecular weight is 791 g/mol. The summed E-state index contributed by atoms with van der Waals surface area (Å²) >= 11 is 0. The highest BCUT2D eigenvalue weighted by atomic mass is 14.9. The normalized spacial score (nSPS) is 13.2. The molecule has 1 unspecified atom stereocenters. The smallest absolute Gasteiger partial charge is 0.0716 e. The van der Waals surface area contributed by atoms with Gasteiger partial charge in [0.15, 0.2) is 0 Å². The monoisotopic (exact) mass is 790 g/mol. The van der Waals surface area contributed by atoms with E-state index >= 15 is 0 Å². The van der Waals surface area contributed by atoms with E-state index < -0.39 is 0 Å². The number of hydrogen-bond donors (Lipinski definition) is 1. The molecule has 1 aliphatic rings. The second kappa shape index (κ2) is 16.2. The second-order valence-corrected chi connectivity index (χ2v) is 16.0. The topological polar surface area (TPSA) is 24.9 Å². The summed E-state index contributed by atoms with van der Waals surface area (Å²) in [7, 11) is 0. The first-order valence-electron chi connectivity index (χ1n) is 21.3. The van der Waals surface area contributed by atoms with E-state index in [1.165, 1.54) is 55.3 Å². The number of fused-ring (bicyclic) bond motifs is 3. The van der Waals surface area contributed by atoms with Gasteiger partial charge in [-0.15, -0.1) is 0 Å². The fraction of sp³-hybridized carbons (Fsp3) is 0.0167. The third-order valence-corrected chi connectivity index (χ3v) is 12.1. The summed E-state index contributed by atoms with van der Waals surface area (Å²) < 4.78 is 0. The lowest BCUT2D eigenvalue weighted by atomic mass is 9.84. The number of hydrogen-bond acceptors (Lipinski definition) is 2. The minimum absolute atomic E-state index is 0.0630. The van der Waals surface area contributed by atoms with Gasteiger partial charge in [-0.3, -0.25) is 0 Å². The molecule has 0 amide bonds. The quantitative estimate of drug-likeness (QED) is 0.166. The van der Waals surface area contributed by atoms with Crippen LogP contribution in [0.1, 0.15) is 22.7 Å². The Morgan fingerprint density at radius 1 is 0.323 bits per heavy atom. The third kappa shape index (κ3) is 7.18. The largest absolute Gasteiger partial charge is 0.374 e. The van der Waals surface area contributed by atoms with Crippen molar-refractivity contribution in [2.45, 2.75) is 6.04 Å². The van der Waals surface area contributed by atoms with Crippen molar-refractivity contribution in [2.75, 3.05) is 5.32 Å². The molecule has 2 heteroatoms. The van der Waals surface area contributed by atoms with Gasteiger partial charge in [0.2, 0.25) is 0 Å². The molecule has 0 spiro atoms. The van der Waals surface area contributed by atoms with Crippen LogP contribution in [0.3, 0.4) is 0 Å². The van der Waals surface area contributed by atoms with Crippen LogP contribution < -0.4 is 5.32 Å². The predicted molar refractivity (Wildman–Crippen MR) is 261 cm³/mol. The Kier molecular flexibility index (Phi) is 9.65. The fourth-order valence-corrected chi connectivity index (χ4v) is 9.02. The zero-order valence-corrected chi connectivity index (χ0v) is 34.1. The molecule has 2 nitrogen and oxygen atoms in total. The van der Waals surface area contributed by atoms with Gasteiger partial charge in [-0.1, -0.05) is 194 Å². The number of anilines is 1. The van der Waals surface area contributed by atoms with Crippen LogP contribution in [0.5, 0.6) is 0 Å². The highest BCUT2D eigenvalue weighted by molar-refractivity contribution is 6.09. The lowest BCUT2D eigenvalue weighted by molar-refractivity contribution is 0.974. The molecule has 11 rings (SSSR count). The highest BCUT2D eigenvalue weighted by Crippen LogP contribution is 2.45. The molecule has 0 fully saturated rings. The zero-order valence-electron chi connectivity index (χ0n) is 34.1. The highest BCUT2D eigenvalue weighted by Gasteiger charge is 2.24. The summed E-state index contributed by atoms with van der Waals surface area (Å²) in [5.74, 6) is 0. The Balaban J connectivity index is 1.05. The van der Waals surface area contributed by atoms with Crippen LogP contribution >= 0.6 is 0 Å². The van der Waals surface area contributed by atoms with Crippen LogP contribution in [0.4, 0.5) is 5.69 Å². The number of pyridine rings is 1. The van der Waals surface area contributed by atoms with Crippen molar-refractivity contribution in [2.24, 2.45) is 0 Å². The molecule has 1 N–H and O–H groups in total. The molecule has 62 heavy (non-hydrogen) atoms. The second-order valence-electron chi connectivity index (χ2n) is 16.0. The van der Waals surface area contributed by atoms with Gasteiger partial charge < -0.3 is 5.32 Å². The molecule has 292 valence electrons. The van der Waals surface area contributed by atoms with Gasteiger partial charge in [0.1, 0.15) is 0 Å². The number of nitrogens with zero attached hydrogens (tertiary/aromatic N) is 1. The fourth-order valence-electron chi connectivity index (χ4n) is 9.02. The Morgan fingerprint density at radius 2 is 0.806 bits per heavy atom. The van der Waals surface area contributed by atoms with E-state index in [1.807, 2.05) is 0 Å². The maximum atomic E-state index is 5.38. The van der Waals surface area contributed by atoms with Crippen LogP contribution in [-0.2, 0) is 0 Å². The van der Waals surface area contributed by atoms with Gasteiger partial charge in [-0.2, -0.15) is 0 Å². The third-order valence-electron chi connectivity index (χ3n) is 12.1. The Morgan fingerprint density at radius 3 is 1.45 bits per heavy atom. The standard InChI is InChI=1S/C60H42N2/c1-6-18-41(19-7-1)48-35-49(42-20-8-2-9-21-42)37-51(36-48)58-39-50(38-57(62-58)44-24-12-4-13-25-44)46-28-16-29-47(34-46)52-30-17-31-54-53(52)32-33-56-60(54)55(43-22-10-3-11-23-43)40-59(61-56)45-26-14-5-15-27-45/h1-40,59,61H. The summed E-state index contributed by atoms with van der Waals surface area (Å²) in [5.41, 5.74) is 19.4. The van der Waals surface area contributed by atoms with Gasteiger partial charge >= 0.3 is 0 Å². The van der Waals surface area contributed by atoms with Crippen molar-refractivity contribution in [3.05, 3.63) is 259 Å². The first kappa shape index (κ1) is 37.0. The molecule has 2 heterocycles. The average Bonchev–Trinajstić information content (AvgIpc) is 3.36. The van der Waals surface area contributed by atoms with Crippen molar-refractivity contribution in [3.63, 3.8) is 0 Å². The van der Waals surface area contributed by atoms with Gasteiger partial charge in [0.05, 0.1) is 17.4 Å². The van der Waals surface area contributed by atoms with E-state index in [0.717, 1.165) is 50.5 Å². The van der Waals surface area contributed by atoms with Crippen molar-refractivity contribution in [1.29, 1.82) is 0 Å². The molecule has 0 saturated carbocycles. The lowest BCUT2D eigenvalue weighted by Crippen LogP contribution is -2.15. The van der Waals surface area contributed by atoms with Gasteiger partial charge in [0.25, 0.3) is 0 Å². The molecule has 1 atom stereocenters. The Bertz CT molecular complexity index is 3170. The van der Waals surface area contributed by atoms with E-state index in [1.54, 1.807) is 0 Å². The maximum Gasteiger partial charge on any atom is 0.0716 e. The van der Waals surface area contributed by atoms with Crippen LogP contribution in [0, 0.1) is 0 Å². The van der Waals surface area contributed by atoms with E-state index in [0.29, 0.717) is 0 Å². The number of rotatable bonds is 8. The zero-order chi connectivity index (χ0) is 41.2. The molecular weight excluding hydrogens is 749 g/mol. The molecule has 10 aromatic rings. The molecular formula is C60H42N2. The van der Waals surface area contributed by atoms with Crippen molar-refractivity contribution >= 4 is 22.0 Å². The first-order valence-corrected chi connectivity index (χ1v) is 21.3. The summed E-state index contributed by atoms with van der Waals surface area (Å²) in [6.45, 7) is 0. The van der Waals surface area contributed by atoms with Crippen molar-refractivity contribution in [3.8, 4) is 67.0 Å². The SMILES string of the molecule is C1=C(c2ccccc2)c2c(ccc3c(-c4cccc(-c5cc(-c6ccccc6)nc(-c6cc(-c7ccccc7)cc(-c7ccccc7)c6)c5)c4)cccc23)NC1c1ccccc1. The molecule has 0 saturated heterocycles. The summed E-state index contributed by atoms with van der Waals surface area (Å²) in [5, 5.41) is 6.32. The summed E-state index contributed by atoms with van der Waals surface area (Å²) in [4.78, 5) is 5.38. The van der Waals surface area contributed by atoms with Crippen LogP contribution in [0.2, 0.25) is 0 Å². The number of aromatic nitrogens is 1. The minimum Gasteiger partial charge on any atom is -0.374 e. The Labute approximate surface area is 363 Å². The van der Waals surface area contributed by atoms with Crippen LogP contribution in [-0.4, -0.2) is 4.98 Å². The van der Waals surface area contributed by atoms with E-state index in [2.05, 4.69) is 248 Å². The maximum absolute atomic E-state index is 5.38. The van der Waals surface area contributed by atoms with E-state index in [-0.39, 0.29) is 6.04 Å². The molecule has 1 aromatic heterocycles. The molecule has 0 bridgehead atoms. The Hall–Kier alpha value is -8.07. The molecule has 0 radical (unpaired) electrons. The summed E-state index contributed by atoms with van der Waals surface area (Å²) in [6, 6.07) is 85.0. The molecule has 9 aromatic carbocycles. The van der Waals surface area contributed by atoms with Crippen LogP contribution in [0.25, 0.3) is 83.4 Å². The van der Waals surface area contributed by atoms with Crippen LogP contribution in [0.15, 0.2) is 243 Å². The van der Waals surface area contributed by atoms with E-state index in [4.69, 9.17) is 4.98 Å². The summed E-state index contributed by atoms with van der Waals surface area (Å²) in [6.07, 6.45) is 2.39. The van der Waals surface area contributed by atoms with Gasteiger partial charge in [0, 0.05) is 22.4 Å². The van der Waals surface area contributed by atoms with E-state index in [9.17, 15) is 0 Å². The minimum atomic E-state index is 0.0630. The number of nitrogens with one attached hydrogen (secondary N) is 1. The van der Waals surface area contributed by atoms with Gasteiger partial charge in [-0.05, 0) is 121 Å². The molecule has 0 aliphatic carbocycles. The first-order chi connectivity index (χ1) is 30.7. The lowest BCUT2D eigenvalue weighted by Gasteiger charge is -2.29. The molecule has 1 aliphatic heterocycles. The van der Waals surface area contributed by atoms with Crippen molar-refractivity contribution < 1.29 is 0 Å². The predicted octanol–water partition coefficient (Wildman–Crippen LogP) is 15.8.